The van der Waals surface area contributed by atoms with Crippen molar-refractivity contribution in [1.82, 2.24) is 20.9 Å². The van der Waals surface area contributed by atoms with Gasteiger partial charge >= 0.3 is 6.09 Å². The van der Waals surface area contributed by atoms with Gasteiger partial charge in [-0.1, -0.05) is 12.1 Å². The molecule has 1 fully saturated rings. The Bertz CT molecular complexity index is 747. The highest BCUT2D eigenvalue weighted by Crippen LogP contribution is 2.13. The molecule has 0 aliphatic carbocycles. The largest absolute Gasteiger partial charge is 0.444 e. The number of rotatable bonds is 6. The number of carbonyl (C=O) groups is 2. The van der Waals surface area contributed by atoms with Crippen LogP contribution in [0.5, 0.6) is 0 Å². The molecule has 0 aromatic heterocycles. The van der Waals surface area contributed by atoms with Crippen LogP contribution in [0.1, 0.15) is 57.0 Å². The molecule has 3 N–H and O–H groups in total. The van der Waals surface area contributed by atoms with Crippen LogP contribution in [0.15, 0.2) is 29.3 Å². The second-order valence-electron chi connectivity index (χ2n) is 8.30. The lowest BCUT2D eigenvalue weighted by molar-refractivity contribution is 0.0507. The summed E-state index contributed by atoms with van der Waals surface area (Å²) in [6, 6.07) is 7.52. The van der Waals surface area contributed by atoms with Gasteiger partial charge in [-0.25, -0.2) is 9.79 Å². The number of nitrogens with one attached hydrogen (secondary N) is 3. The third-order valence-corrected chi connectivity index (χ3v) is 4.51. The first-order valence-electron chi connectivity index (χ1n) is 10.6. The number of guanidine groups is 1. The lowest BCUT2D eigenvalue weighted by Gasteiger charge is -2.23. The van der Waals surface area contributed by atoms with Crippen molar-refractivity contribution in [1.29, 1.82) is 0 Å². The Hall–Kier alpha value is -2.04. The summed E-state index contributed by atoms with van der Waals surface area (Å²) in [6.07, 6.45) is 0.453. The summed E-state index contributed by atoms with van der Waals surface area (Å²) >= 11 is 0. The first-order chi connectivity index (χ1) is 14.2. The van der Waals surface area contributed by atoms with E-state index < -0.39 is 5.60 Å². The molecule has 9 heteroatoms. The SMILES string of the molecule is CCNC(=O)c1ccc(CN=C(NCC)N2CCC(NC(=O)OC(C)(C)C)C2)cc1.I. The van der Waals surface area contributed by atoms with Crippen LogP contribution >= 0.6 is 24.0 Å². The molecule has 2 rings (SSSR count). The van der Waals surface area contributed by atoms with Gasteiger partial charge in [-0.3, -0.25) is 4.79 Å². The van der Waals surface area contributed by atoms with E-state index >= 15 is 0 Å². The molecule has 1 aliphatic rings. The molecule has 1 atom stereocenters. The number of benzene rings is 1. The highest BCUT2D eigenvalue weighted by molar-refractivity contribution is 14.0. The molecule has 8 nitrogen and oxygen atoms in total. The fourth-order valence-electron chi connectivity index (χ4n) is 3.16. The lowest BCUT2D eigenvalue weighted by Crippen LogP contribution is -2.44. The van der Waals surface area contributed by atoms with E-state index in [1.165, 1.54) is 0 Å². The molecule has 0 spiro atoms. The molecule has 1 unspecified atom stereocenters. The Morgan fingerprint density at radius 3 is 2.35 bits per heavy atom. The maximum absolute atomic E-state index is 12.0. The number of hydrogen-bond donors (Lipinski definition) is 3. The van der Waals surface area contributed by atoms with Crippen molar-refractivity contribution < 1.29 is 14.3 Å². The molecular weight excluding hydrogens is 509 g/mol. The van der Waals surface area contributed by atoms with E-state index in [9.17, 15) is 9.59 Å². The van der Waals surface area contributed by atoms with Crippen LogP contribution in [0, 0.1) is 0 Å². The van der Waals surface area contributed by atoms with Crippen molar-refractivity contribution in [3.63, 3.8) is 0 Å². The minimum Gasteiger partial charge on any atom is -0.444 e. The first-order valence-corrected chi connectivity index (χ1v) is 10.6. The Kier molecular flexibility index (Phi) is 11.1. The van der Waals surface area contributed by atoms with E-state index in [-0.39, 0.29) is 42.0 Å². The van der Waals surface area contributed by atoms with E-state index in [1.807, 2.05) is 58.9 Å². The average molecular weight is 545 g/mol. The molecule has 1 aromatic carbocycles. The van der Waals surface area contributed by atoms with Gasteiger partial charge in [-0.2, -0.15) is 0 Å². The van der Waals surface area contributed by atoms with E-state index in [0.717, 1.165) is 31.0 Å². The molecule has 1 aliphatic heterocycles. The number of ether oxygens (including phenoxy) is 1. The maximum Gasteiger partial charge on any atom is 0.407 e. The van der Waals surface area contributed by atoms with Crippen molar-refractivity contribution in [2.24, 2.45) is 4.99 Å². The van der Waals surface area contributed by atoms with Crippen LogP contribution in [0.3, 0.4) is 0 Å². The molecule has 0 radical (unpaired) electrons. The molecule has 1 aromatic rings. The molecule has 0 bridgehead atoms. The van der Waals surface area contributed by atoms with Gasteiger partial charge < -0.3 is 25.6 Å². The number of carbonyl (C=O) groups excluding carboxylic acids is 2. The summed E-state index contributed by atoms with van der Waals surface area (Å²) in [7, 11) is 0. The normalized spacial score (nSPS) is 16.4. The Labute approximate surface area is 202 Å². The van der Waals surface area contributed by atoms with E-state index in [2.05, 4.69) is 20.9 Å². The minimum atomic E-state index is -0.508. The predicted molar refractivity (Wildman–Crippen MR) is 134 cm³/mol. The second-order valence-corrected chi connectivity index (χ2v) is 8.30. The third kappa shape index (κ3) is 9.32. The van der Waals surface area contributed by atoms with Gasteiger partial charge in [0.05, 0.1) is 12.6 Å². The van der Waals surface area contributed by atoms with Crippen LogP contribution in [-0.2, 0) is 11.3 Å². The summed E-state index contributed by atoms with van der Waals surface area (Å²) in [6.45, 7) is 12.9. The zero-order chi connectivity index (χ0) is 22.1. The van der Waals surface area contributed by atoms with Gasteiger partial charge in [0, 0.05) is 31.7 Å². The van der Waals surface area contributed by atoms with Crippen molar-refractivity contribution in [2.45, 2.75) is 59.2 Å². The van der Waals surface area contributed by atoms with Crippen LogP contribution in [0.25, 0.3) is 0 Å². The summed E-state index contributed by atoms with van der Waals surface area (Å²) in [5, 5.41) is 9.05. The standard InChI is InChI=1S/C22H35N5O3.HI/c1-6-23-19(28)17-10-8-16(9-11-17)14-25-20(24-7-2)27-13-12-18(15-27)26-21(29)30-22(3,4)5;/h8-11,18H,6-7,12-15H2,1-5H3,(H,23,28)(H,24,25)(H,26,29);1H. The molecule has 2 amide bonds. The molecule has 174 valence electrons. The highest BCUT2D eigenvalue weighted by atomic mass is 127. The van der Waals surface area contributed by atoms with E-state index in [0.29, 0.717) is 25.2 Å². The number of hydrogen-bond acceptors (Lipinski definition) is 4. The van der Waals surface area contributed by atoms with E-state index in [1.54, 1.807) is 0 Å². The fourth-order valence-corrected chi connectivity index (χ4v) is 3.16. The molecule has 1 heterocycles. The summed E-state index contributed by atoms with van der Waals surface area (Å²) in [4.78, 5) is 30.8. The zero-order valence-corrected chi connectivity index (χ0v) is 21.5. The lowest BCUT2D eigenvalue weighted by atomic mass is 10.1. The molecular formula is C22H36IN5O3. The topological polar surface area (TPSA) is 95.1 Å². The van der Waals surface area contributed by atoms with Crippen LogP contribution in [-0.4, -0.2) is 60.7 Å². The average Bonchev–Trinajstić information content (AvgIpc) is 3.12. The maximum atomic E-state index is 12.0. The summed E-state index contributed by atoms with van der Waals surface area (Å²) < 4.78 is 5.35. The van der Waals surface area contributed by atoms with E-state index in [4.69, 9.17) is 9.73 Å². The van der Waals surface area contributed by atoms with Gasteiger partial charge in [0.15, 0.2) is 5.96 Å². The number of halogens is 1. The number of aliphatic imine (C=N–C) groups is 1. The predicted octanol–water partition coefficient (Wildman–Crippen LogP) is 3.12. The third-order valence-electron chi connectivity index (χ3n) is 4.51. The second kappa shape index (κ2) is 12.7. The summed E-state index contributed by atoms with van der Waals surface area (Å²) in [5.41, 5.74) is 1.17. The molecule has 0 saturated carbocycles. The Balaban J connectivity index is 0.00000480. The van der Waals surface area contributed by atoms with Crippen LogP contribution < -0.4 is 16.0 Å². The van der Waals surface area contributed by atoms with Gasteiger partial charge in [0.25, 0.3) is 5.91 Å². The number of nitrogens with zero attached hydrogens (tertiary/aromatic N) is 2. The van der Waals surface area contributed by atoms with Crippen molar-refractivity contribution in [3.05, 3.63) is 35.4 Å². The van der Waals surface area contributed by atoms with Crippen molar-refractivity contribution in [2.75, 3.05) is 26.2 Å². The number of alkyl carbamates (subject to hydrolysis) is 1. The van der Waals surface area contributed by atoms with Gasteiger partial charge in [-0.15, -0.1) is 24.0 Å². The molecule has 1 saturated heterocycles. The van der Waals surface area contributed by atoms with Crippen molar-refractivity contribution >= 4 is 41.9 Å². The smallest absolute Gasteiger partial charge is 0.407 e. The van der Waals surface area contributed by atoms with Gasteiger partial charge in [0.2, 0.25) is 0 Å². The molecule has 31 heavy (non-hydrogen) atoms. The minimum absolute atomic E-state index is 0. The van der Waals surface area contributed by atoms with Gasteiger partial charge in [-0.05, 0) is 58.7 Å². The van der Waals surface area contributed by atoms with Crippen LogP contribution in [0.4, 0.5) is 4.79 Å². The quantitative estimate of drug-likeness (QED) is 0.290. The number of likely N-dealkylation sites (tertiary alicyclic amines) is 1. The van der Waals surface area contributed by atoms with Crippen molar-refractivity contribution in [3.8, 4) is 0 Å². The van der Waals surface area contributed by atoms with Crippen LogP contribution in [0.2, 0.25) is 0 Å². The van der Waals surface area contributed by atoms with Gasteiger partial charge in [0.1, 0.15) is 5.60 Å². The summed E-state index contributed by atoms with van der Waals surface area (Å²) in [5.74, 6) is 0.750. The monoisotopic (exact) mass is 545 g/mol. The first kappa shape index (κ1) is 27.0. The number of amides is 2. The zero-order valence-electron chi connectivity index (χ0n) is 19.2. The Morgan fingerprint density at radius 2 is 1.77 bits per heavy atom. The highest BCUT2D eigenvalue weighted by Gasteiger charge is 2.27. The Morgan fingerprint density at radius 1 is 1.13 bits per heavy atom. The fraction of sp³-hybridized carbons (Fsp3) is 0.591.